The van der Waals surface area contributed by atoms with Crippen molar-refractivity contribution in [2.75, 3.05) is 5.32 Å². The summed E-state index contributed by atoms with van der Waals surface area (Å²) in [6.07, 6.45) is 0. The highest BCUT2D eigenvalue weighted by Crippen LogP contribution is 2.17. The molecule has 0 aliphatic rings. The quantitative estimate of drug-likeness (QED) is 0.877. The Bertz CT molecular complexity index is 641. The second-order valence-electron chi connectivity index (χ2n) is 4.23. The predicted molar refractivity (Wildman–Crippen MR) is 70.7 cm³/mol. The first-order valence-corrected chi connectivity index (χ1v) is 5.76. The van der Waals surface area contributed by atoms with Crippen molar-refractivity contribution in [2.45, 2.75) is 20.8 Å². The van der Waals surface area contributed by atoms with Gasteiger partial charge < -0.3 is 10.4 Å². The maximum absolute atomic E-state index is 10.9. The number of nitrogens with zero attached hydrogens (tertiary/aromatic N) is 3. The van der Waals surface area contributed by atoms with Crippen molar-refractivity contribution >= 4 is 17.6 Å². The number of hydrogen-bond acceptors (Lipinski definition) is 5. The number of carboxylic acids is 1. The van der Waals surface area contributed by atoms with Crippen LogP contribution in [0.3, 0.4) is 0 Å². The van der Waals surface area contributed by atoms with Crippen molar-refractivity contribution in [3.8, 4) is 0 Å². The average Bonchev–Trinajstić information content (AvgIpc) is 2.32. The molecule has 0 aliphatic carbocycles. The van der Waals surface area contributed by atoms with Gasteiger partial charge in [-0.15, -0.1) is 0 Å². The Hall–Kier alpha value is -2.50. The molecule has 0 saturated heterocycles. The van der Waals surface area contributed by atoms with Gasteiger partial charge in [0.05, 0.1) is 11.4 Å². The summed E-state index contributed by atoms with van der Waals surface area (Å²) < 4.78 is 0. The molecule has 0 bridgehead atoms. The van der Waals surface area contributed by atoms with Gasteiger partial charge in [-0.1, -0.05) is 0 Å². The fourth-order valence-electron chi connectivity index (χ4n) is 1.67. The lowest BCUT2D eigenvalue weighted by atomic mass is 10.3. The fraction of sp³-hybridized carbons (Fsp3) is 0.231. The van der Waals surface area contributed by atoms with Crippen LogP contribution < -0.4 is 5.32 Å². The highest BCUT2D eigenvalue weighted by molar-refractivity contribution is 5.85. The molecule has 6 nitrogen and oxygen atoms in total. The number of aromatic carboxylic acids is 1. The standard InChI is InChI=1S/C13H14N4O2/c1-7-4-5-10(9(3)14-7)16-13-15-8(2)6-11(17-13)12(18)19/h4-6H,1-3H3,(H,18,19)(H,15,16,17). The Kier molecular flexibility index (Phi) is 3.41. The lowest BCUT2D eigenvalue weighted by molar-refractivity contribution is 0.0690. The molecule has 2 N–H and O–H groups in total. The van der Waals surface area contributed by atoms with Crippen molar-refractivity contribution < 1.29 is 9.90 Å². The molecule has 2 aromatic rings. The molecule has 0 aliphatic heterocycles. The molecule has 0 atom stereocenters. The number of carbonyl (C=O) groups is 1. The van der Waals surface area contributed by atoms with E-state index in [1.54, 1.807) is 6.92 Å². The van der Waals surface area contributed by atoms with E-state index in [1.807, 2.05) is 26.0 Å². The molecule has 2 aromatic heterocycles. The Morgan fingerprint density at radius 1 is 1.11 bits per heavy atom. The van der Waals surface area contributed by atoms with Gasteiger partial charge in [0.1, 0.15) is 0 Å². The molecular formula is C13H14N4O2. The van der Waals surface area contributed by atoms with Crippen LogP contribution in [0.15, 0.2) is 18.2 Å². The van der Waals surface area contributed by atoms with Gasteiger partial charge in [-0.2, -0.15) is 0 Å². The predicted octanol–water partition coefficient (Wildman–Crippen LogP) is 2.24. The zero-order valence-corrected chi connectivity index (χ0v) is 10.9. The topological polar surface area (TPSA) is 88.0 Å². The minimum atomic E-state index is -1.08. The fourth-order valence-corrected chi connectivity index (χ4v) is 1.67. The lowest BCUT2D eigenvalue weighted by Crippen LogP contribution is -2.07. The Balaban J connectivity index is 2.35. The van der Waals surface area contributed by atoms with Crippen LogP contribution in [0.2, 0.25) is 0 Å². The van der Waals surface area contributed by atoms with Crippen molar-refractivity contribution in [1.82, 2.24) is 15.0 Å². The third-order valence-corrected chi connectivity index (χ3v) is 2.54. The second kappa shape index (κ2) is 5.01. The van der Waals surface area contributed by atoms with E-state index in [9.17, 15) is 4.79 Å². The maximum Gasteiger partial charge on any atom is 0.354 e. The molecule has 19 heavy (non-hydrogen) atoms. The summed E-state index contributed by atoms with van der Waals surface area (Å²) in [7, 11) is 0. The van der Waals surface area contributed by atoms with Crippen LogP contribution in [-0.2, 0) is 0 Å². The van der Waals surface area contributed by atoms with Gasteiger partial charge in [-0.05, 0) is 39.0 Å². The van der Waals surface area contributed by atoms with Crippen LogP contribution in [0.1, 0.15) is 27.6 Å². The van der Waals surface area contributed by atoms with Gasteiger partial charge in [-0.3, -0.25) is 4.98 Å². The van der Waals surface area contributed by atoms with E-state index in [2.05, 4.69) is 20.3 Å². The second-order valence-corrected chi connectivity index (χ2v) is 4.23. The van der Waals surface area contributed by atoms with E-state index in [1.165, 1.54) is 6.07 Å². The van der Waals surface area contributed by atoms with Crippen molar-refractivity contribution in [2.24, 2.45) is 0 Å². The molecule has 0 spiro atoms. The van der Waals surface area contributed by atoms with E-state index in [-0.39, 0.29) is 11.6 Å². The molecule has 0 radical (unpaired) electrons. The van der Waals surface area contributed by atoms with Gasteiger partial charge in [0.2, 0.25) is 5.95 Å². The van der Waals surface area contributed by atoms with Gasteiger partial charge in [0.15, 0.2) is 5.69 Å². The summed E-state index contributed by atoms with van der Waals surface area (Å²) in [6.45, 7) is 5.49. The van der Waals surface area contributed by atoms with E-state index in [4.69, 9.17) is 5.11 Å². The lowest BCUT2D eigenvalue weighted by Gasteiger charge is -2.09. The summed E-state index contributed by atoms with van der Waals surface area (Å²) in [5.41, 5.74) is 3.04. The number of carboxylic acid groups (broad SMARTS) is 1. The average molecular weight is 258 g/mol. The summed E-state index contributed by atoms with van der Waals surface area (Å²) in [4.78, 5) is 23.4. The highest BCUT2D eigenvalue weighted by Gasteiger charge is 2.09. The number of nitrogens with one attached hydrogen (secondary N) is 1. The number of rotatable bonds is 3. The summed E-state index contributed by atoms with van der Waals surface area (Å²) in [5.74, 6) is -0.821. The monoisotopic (exact) mass is 258 g/mol. The molecule has 0 amide bonds. The minimum absolute atomic E-state index is 0.0345. The van der Waals surface area contributed by atoms with E-state index in [0.29, 0.717) is 5.69 Å². The first kappa shape index (κ1) is 12.9. The molecule has 0 unspecified atom stereocenters. The van der Waals surface area contributed by atoms with Gasteiger partial charge in [-0.25, -0.2) is 14.8 Å². The first-order chi connectivity index (χ1) is 8.95. The SMILES string of the molecule is Cc1cc(C(=O)O)nc(Nc2ccc(C)nc2C)n1. The number of aryl methyl sites for hydroxylation is 3. The number of aromatic nitrogens is 3. The van der Waals surface area contributed by atoms with Crippen LogP contribution in [-0.4, -0.2) is 26.0 Å². The first-order valence-electron chi connectivity index (χ1n) is 5.76. The molecular weight excluding hydrogens is 244 g/mol. The molecule has 98 valence electrons. The van der Waals surface area contributed by atoms with Crippen LogP contribution >= 0.6 is 0 Å². The molecule has 0 aromatic carbocycles. The maximum atomic E-state index is 10.9. The molecule has 6 heteroatoms. The van der Waals surface area contributed by atoms with E-state index >= 15 is 0 Å². The Labute approximate surface area is 110 Å². The van der Waals surface area contributed by atoms with Crippen LogP contribution in [0.4, 0.5) is 11.6 Å². The number of hydrogen-bond donors (Lipinski definition) is 2. The number of pyridine rings is 1. The number of anilines is 2. The largest absolute Gasteiger partial charge is 0.477 e. The van der Waals surface area contributed by atoms with Crippen LogP contribution in [0.25, 0.3) is 0 Å². The van der Waals surface area contributed by atoms with Crippen molar-refractivity contribution in [3.05, 3.63) is 41.0 Å². The summed E-state index contributed by atoms with van der Waals surface area (Å²) >= 11 is 0. The Morgan fingerprint density at radius 3 is 2.47 bits per heavy atom. The zero-order chi connectivity index (χ0) is 14.0. The zero-order valence-electron chi connectivity index (χ0n) is 10.9. The molecule has 2 heterocycles. The minimum Gasteiger partial charge on any atom is -0.477 e. The highest BCUT2D eigenvalue weighted by atomic mass is 16.4. The van der Waals surface area contributed by atoms with Crippen molar-refractivity contribution in [3.63, 3.8) is 0 Å². The molecule has 0 fully saturated rings. The molecule has 2 rings (SSSR count). The summed E-state index contributed by atoms with van der Waals surface area (Å²) in [6, 6.07) is 5.15. The normalized spacial score (nSPS) is 10.3. The smallest absolute Gasteiger partial charge is 0.354 e. The summed E-state index contributed by atoms with van der Waals surface area (Å²) in [5, 5.41) is 11.9. The van der Waals surface area contributed by atoms with Gasteiger partial charge >= 0.3 is 5.97 Å². The van der Waals surface area contributed by atoms with Gasteiger partial charge in [0, 0.05) is 11.4 Å². The van der Waals surface area contributed by atoms with Crippen molar-refractivity contribution in [1.29, 1.82) is 0 Å². The third-order valence-electron chi connectivity index (χ3n) is 2.54. The van der Waals surface area contributed by atoms with Crippen LogP contribution in [0, 0.1) is 20.8 Å². The van der Waals surface area contributed by atoms with E-state index in [0.717, 1.165) is 17.1 Å². The van der Waals surface area contributed by atoms with Gasteiger partial charge in [0.25, 0.3) is 0 Å². The third kappa shape index (κ3) is 3.04. The molecule has 0 saturated carbocycles. The van der Waals surface area contributed by atoms with E-state index < -0.39 is 5.97 Å². The Morgan fingerprint density at radius 2 is 1.84 bits per heavy atom. The van der Waals surface area contributed by atoms with Crippen LogP contribution in [0.5, 0.6) is 0 Å².